The molecule has 0 aliphatic heterocycles. The average molecular weight is 371 g/mol. The lowest BCUT2D eigenvalue weighted by Crippen LogP contribution is -2.22. The van der Waals surface area contributed by atoms with Gasteiger partial charge in [-0.1, -0.05) is 23.7 Å². The number of hydrogen-bond donors (Lipinski definition) is 2. The number of hydrogen-bond acceptors (Lipinski definition) is 4. The van der Waals surface area contributed by atoms with Crippen LogP contribution < -0.4 is 10.1 Å². The Morgan fingerprint density at radius 1 is 1.19 bits per heavy atom. The molecule has 0 bridgehead atoms. The van der Waals surface area contributed by atoms with Gasteiger partial charge < -0.3 is 15.2 Å². The van der Waals surface area contributed by atoms with E-state index in [1.807, 2.05) is 6.07 Å². The van der Waals surface area contributed by atoms with Crippen molar-refractivity contribution in [2.75, 3.05) is 5.32 Å². The minimum atomic E-state index is -1.07. The third kappa shape index (κ3) is 5.36. The van der Waals surface area contributed by atoms with Gasteiger partial charge in [0.1, 0.15) is 17.4 Å². The third-order valence-corrected chi connectivity index (χ3v) is 3.57. The summed E-state index contributed by atoms with van der Waals surface area (Å²) in [6.45, 7) is 1.42. The summed E-state index contributed by atoms with van der Waals surface area (Å²) in [5, 5.41) is 21.2. The minimum absolute atomic E-state index is 0.0764. The van der Waals surface area contributed by atoms with E-state index in [4.69, 9.17) is 21.4 Å². The van der Waals surface area contributed by atoms with Crippen LogP contribution in [0.15, 0.2) is 54.1 Å². The highest BCUT2D eigenvalue weighted by Crippen LogP contribution is 2.17. The van der Waals surface area contributed by atoms with Gasteiger partial charge >= 0.3 is 5.97 Å². The van der Waals surface area contributed by atoms with Gasteiger partial charge in [-0.05, 0) is 55.0 Å². The van der Waals surface area contributed by atoms with Crippen molar-refractivity contribution in [2.45, 2.75) is 13.0 Å². The third-order valence-electron chi connectivity index (χ3n) is 3.32. The van der Waals surface area contributed by atoms with Crippen molar-refractivity contribution in [3.05, 3.63) is 64.7 Å². The van der Waals surface area contributed by atoms with Gasteiger partial charge in [0.25, 0.3) is 5.91 Å². The Balaban J connectivity index is 2.10. The van der Waals surface area contributed by atoms with E-state index < -0.39 is 18.0 Å². The molecule has 0 heterocycles. The van der Waals surface area contributed by atoms with Crippen LogP contribution in [0.2, 0.25) is 5.02 Å². The van der Waals surface area contributed by atoms with Crippen LogP contribution in [0.3, 0.4) is 0 Å². The van der Waals surface area contributed by atoms with Gasteiger partial charge in [-0.3, -0.25) is 4.79 Å². The second-order valence-electron chi connectivity index (χ2n) is 5.30. The molecule has 26 heavy (non-hydrogen) atoms. The van der Waals surface area contributed by atoms with Crippen molar-refractivity contribution < 1.29 is 19.4 Å². The molecule has 0 unspecified atom stereocenters. The molecule has 2 aromatic rings. The number of ether oxygens (including phenoxy) is 1. The summed E-state index contributed by atoms with van der Waals surface area (Å²) in [5.74, 6) is -1.24. The standard InChI is InChI=1S/C19H15ClN2O4/c1-12(19(24)25)26-17-8-2-13(3-9-17)10-14(11-21)18(23)22-16-6-4-15(20)5-7-16/h2-10,12H,1H3,(H,22,23)(H,24,25)/b14-10-/t12-/m1/s1. The van der Waals surface area contributed by atoms with E-state index in [-0.39, 0.29) is 5.57 Å². The average Bonchev–Trinajstić information content (AvgIpc) is 2.62. The Morgan fingerprint density at radius 3 is 2.35 bits per heavy atom. The summed E-state index contributed by atoms with van der Waals surface area (Å²) in [5.41, 5.74) is 1.04. The minimum Gasteiger partial charge on any atom is -0.479 e. The molecule has 0 radical (unpaired) electrons. The Hall–Kier alpha value is -3.30. The maximum atomic E-state index is 12.2. The van der Waals surface area contributed by atoms with Crippen molar-refractivity contribution >= 4 is 35.2 Å². The quantitative estimate of drug-likeness (QED) is 0.596. The fourth-order valence-corrected chi connectivity index (χ4v) is 2.07. The highest BCUT2D eigenvalue weighted by atomic mass is 35.5. The number of rotatable bonds is 6. The molecule has 132 valence electrons. The molecule has 2 rings (SSSR count). The molecule has 6 nitrogen and oxygen atoms in total. The number of nitrogens with zero attached hydrogens (tertiary/aromatic N) is 1. The number of halogens is 1. The van der Waals surface area contributed by atoms with Crippen LogP contribution in [-0.4, -0.2) is 23.1 Å². The first-order chi connectivity index (χ1) is 12.4. The van der Waals surface area contributed by atoms with E-state index in [9.17, 15) is 14.9 Å². The normalized spacial score (nSPS) is 12.0. The Morgan fingerprint density at radius 2 is 1.81 bits per heavy atom. The summed E-state index contributed by atoms with van der Waals surface area (Å²) in [6.07, 6.45) is 0.451. The first-order valence-corrected chi connectivity index (χ1v) is 7.95. The van der Waals surface area contributed by atoms with Crippen LogP contribution in [0.5, 0.6) is 5.75 Å². The zero-order valence-corrected chi connectivity index (χ0v) is 14.5. The number of benzene rings is 2. The summed E-state index contributed by atoms with van der Waals surface area (Å²) >= 11 is 5.79. The van der Waals surface area contributed by atoms with Crippen molar-refractivity contribution in [1.82, 2.24) is 0 Å². The van der Waals surface area contributed by atoms with E-state index in [0.717, 1.165) is 0 Å². The zero-order chi connectivity index (χ0) is 19.1. The van der Waals surface area contributed by atoms with Gasteiger partial charge in [-0.15, -0.1) is 0 Å². The van der Waals surface area contributed by atoms with Gasteiger partial charge in [0.2, 0.25) is 0 Å². The van der Waals surface area contributed by atoms with Crippen molar-refractivity contribution in [1.29, 1.82) is 5.26 Å². The number of nitrogens with one attached hydrogen (secondary N) is 1. The first-order valence-electron chi connectivity index (χ1n) is 7.57. The lowest BCUT2D eigenvalue weighted by molar-refractivity contribution is -0.144. The number of nitriles is 1. The molecular formula is C19H15ClN2O4. The van der Waals surface area contributed by atoms with E-state index in [1.165, 1.54) is 13.0 Å². The SMILES string of the molecule is C[C@@H](Oc1ccc(/C=C(/C#N)C(=O)Nc2ccc(Cl)cc2)cc1)C(=O)O. The van der Waals surface area contributed by atoms with Crippen LogP contribution >= 0.6 is 11.6 Å². The maximum absolute atomic E-state index is 12.2. The molecule has 2 aromatic carbocycles. The van der Waals surface area contributed by atoms with Crippen molar-refractivity contribution in [3.8, 4) is 11.8 Å². The summed E-state index contributed by atoms with van der Waals surface area (Å²) < 4.78 is 5.22. The fourth-order valence-electron chi connectivity index (χ4n) is 1.94. The Bertz CT molecular complexity index is 868. The smallest absolute Gasteiger partial charge is 0.344 e. The van der Waals surface area contributed by atoms with Crippen molar-refractivity contribution in [3.63, 3.8) is 0 Å². The molecule has 0 aliphatic rings. The molecule has 0 fully saturated rings. The lowest BCUT2D eigenvalue weighted by Gasteiger charge is -2.10. The van der Waals surface area contributed by atoms with Crippen LogP contribution in [-0.2, 0) is 9.59 Å². The van der Waals surface area contributed by atoms with Gasteiger partial charge in [0.05, 0.1) is 0 Å². The van der Waals surface area contributed by atoms with Crippen molar-refractivity contribution in [2.24, 2.45) is 0 Å². The van der Waals surface area contributed by atoms with Gasteiger partial charge in [0, 0.05) is 10.7 Å². The van der Waals surface area contributed by atoms with Crippen LogP contribution in [0.1, 0.15) is 12.5 Å². The largest absolute Gasteiger partial charge is 0.479 e. The second-order valence-corrected chi connectivity index (χ2v) is 5.73. The van der Waals surface area contributed by atoms with Crippen LogP contribution in [0.25, 0.3) is 6.08 Å². The topological polar surface area (TPSA) is 99.4 Å². The molecular weight excluding hydrogens is 356 g/mol. The molecule has 0 saturated heterocycles. The number of carboxylic acid groups (broad SMARTS) is 1. The number of carbonyl (C=O) groups is 2. The molecule has 2 N–H and O–H groups in total. The predicted octanol–water partition coefficient (Wildman–Crippen LogP) is 3.74. The lowest BCUT2D eigenvalue weighted by atomic mass is 10.1. The van der Waals surface area contributed by atoms with Crippen LogP contribution in [0.4, 0.5) is 5.69 Å². The molecule has 0 aromatic heterocycles. The summed E-state index contributed by atoms with van der Waals surface area (Å²) in [7, 11) is 0. The number of anilines is 1. The molecule has 0 aliphatic carbocycles. The highest BCUT2D eigenvalue weighted by molar-refractivity contribution is 6.30. The van der Waals surface area contributed by atoms with Crippen LogP contribution in [0, 0.1) is 11.3 Å². The van der Waals surface area contributed by atoms with Gasteiger partial charge in [-0.2, -0.15) is 5.26 Å². The number of aliphatic carboxylic acids is 1. The van der Waals surface area contributed by atoms with Gasteiger partial charge in [0.15, 0.2) is 6.10 Å². The maximum Gasteiger partial charge on any atom is 0.344 e. The van der Waals surface area contributed by atoms with E-state index in [0.29, 0.717) is 22.0 Å². The first kappa shape index (κ1) is 19.0. The Labute approximate surface area is 155 Å². The molecule has 1 amide bonds. The molecule has 0 saturated carbocycles. The molecule has 0 spiro atoms. The predicted molar refractivity (Wildman–Crippen MR) is 97.8 cm³/mol. The highest BCUT2D eigenvalue weighted by Gasteiger charge is 2.12. The number of carboxylic acids is 1. The molecule has 1 atom stereocenters. The Kier molecular flexibility index (Phi) is 6.36. The van der Waals surface area contributed by atoms with E-state index in [1.54, 1.807) is 48.5 Å². The van der Waals surface area contributed by atoms with Gasteiger partial charge in [-0.25, -0.2) is 4.79 Å². The summed E-state index contributed by atoms with van der Waals surface area (Å²) in [6, 6.07) is 14.8. The number of amides is 1. The number of carbonyl (C=O) groups excluding carboxylic acids is 1. The summed E-state index contributed by atoms with van der Waals surface area (Å²) in [4.78, 5) is 23.0. The second kappa shape index (κ2) is 8.70. The van der Waals surface area contributed by atoms with E-state index in [2.05, 4.69) is 5.32 Å². The fraction of sp³-hybridized carbons (Fsp3) is 0.105. The van der Waals surface area contributed by atoms with E-state index >= 15 is 0 Å². The monoisotopic (exact) mass is 370 g/mol. The molecule has 7 heteroatoms. The zero-order valence-electron chi connectivity index (χ0n) is 13.8.